The van der Waals surface area contributed by atoms with Gasteiger partial charge in [0.25, 0.3) is 0 Å². The Balaban J connectivity index is 1.06. The highest BCUT2D eigenvalue weighted by molar-refractivity contribution is 5.73. The van der Waals surface area contributed by atoms with Gasteiger partial charge < -0.3 is 79.5 Å². The maximum Gasteiger partial charge on any atom is 0.335 e. The van der Waals surface area contributed by atoms with E-state index in [-0.39, 0.29) is 51.6 Å². The van der Waals surface area contributed by atoms with E-state index in [9.17, 15) is 55.9 Å². The number of aliphatic hydroxyl groups excluding tert-OH is 9. The summed E-state index contributed by atoms with van der Waals surface area (Å²) in [6, 6.07) is 0. The third-order valence-electron chi connectivity index (χ3n) is 18.8. The number of carboxylic acid groups (broad SMARTS) is 1. The van der Waals surface area contributed by atoms with Crippen LogP contribution in [0.2, 0.25) is 0 Å². The van der Waals surface area contributed by atoms with Crippen molar-refractivity contribution in [1.29, 1.82) is 0 Å². The molecule has 23 atom stereocenters. The van der Waals surface area contributed by atoms with Crippen LogP contribution in [0.4, 0.5) is 0 Å². The fourth-order valence-electron chi connectivity index (χ4n) is 14.6. The molecule has 360 valence electrons. The molecule has 8 aliphatic rings. The normalized spacial score (nSPS) is 55.7. The van der Waals surface area contributed by atoms with Gasteiger partial charge in [0.05, 0.1) is 32.0 Å². The molecule has 5 aliphatic carbocycles. The molecular weight excluding hydrogens is 824 g/mol. The van der Waals surface area contributed by atoms with Gasteiger partial charge in [-0.2, -0.15) is 0 Å². The van der Waals surface area contributed by atoms with Crippen LogP contribution in [0.3, 0.4) is 0 Å². The van der Waals surface area contributed by atoms with Crippen LogP contribution in [0.15, 0.2) is 11.6 Å². The molecule has 0 bridgehead atoms. The minimum Gasteiger partial charge on any atom is -0.479 e. The van der Waals surface area contributed by atoms with Crippen molar-refractivity contribution in [3.63, 3.8) is 0 Å². The number of ether oxygens (including phenoxy) is 6. The van der Waals surface area contributed by atoms with Gasteiger partial charge in [-0.15, -0.1) is 0 Å². The number of carbonyl (C=O) groups is 1. The average molecular weight is 899 g/mol. The zero-order chi connectivity index (χ0) is 46.0. The van der Waals surface area contributed by atoms with E-state index in [1.54, 1.807) is 0 Å². The van der Waals surface area contributed by atoms with Gasteiger partial charge >= 0.3 is 5.97 Å². The van der Waals surface area contributed by atoms with E-state index in [4.69, 9.17) is 28.4 Å². The molecule has 0 spiro atoms. The quantitative estimate of drug-likeness (QED) is 0.120. The Hall–Kier alpha value is -1.39. The van der Waals surface area contributed by atoms with Crippen molar-refractivity contribution in [2.24, 2.45) is 50.2 Å². The maximum atomic E-state index is 12.4. The molecule has 0 aromatic rings. The largest absolute Gasteiger partial charge is 0.479 e. The molecule has 8 rings (SSSR count). The Morgan fingerprint density at radius 3 is 1.98 bits per heavy atom. The molecule has 23 unspecified atom stereocenters. The first-order valence-corrected chi connectivity index (χ1v) is 23.2. The predicted molar refractivity (Wildman–Crippen MR) is 220 cm³/mol. The molecule has 0 amide bonds. The molecule has 0 radical (unpaired) electrons. The van der Waals surface area contributed by atoms with Crippen molar-refractivity contribution in [3.8, 4) is 0 Å². The number of hydrogen-bond donors (Lipinski definition) is 10. The highest BCUT2D eigenvalue weighted by Gasteiger charge is 2.70. The molecule has 0 aromatic carbocycles. The fourth-order valence-corrected chi connectivity index (χ4v) is 14.6. The van der Waals surface area contributed by atoms with E-state index in [0.29, 0.717) is 18.8 Å². The standard InChI is InChI=1S/C46H74O17/c1-41(2)16-22-21-8-9-26-43(4)12-11-28(44(5,20-47)25(43)10-13-46(26,7)45(21,6)15-14-42(22,3)27(50)17-41)60-40-36(32(54)31(53)34(61-40)37(56)57)63-39-35(30(52)24(49)19-59-39)62-38-33(55)29(51)23(48)18-58-38/h8,22-36,38-40,47-55H,9-20H2,1-7H3,(H,56,57). The molecule has 3 aliphatic heterocycles. The van der Waals surface area contributed by atoms with Crippen LogP contribution in [0.5, 0.6) is 0 Å². The highest BCUT2D eigenvalue weighted by Crippen LogP contribution is 2.76. The zero-order valence-corrected chi connectivity index (χ0v) is 37.8. The Morgan fingerprint density at radius 2 is 1.32 bits per heavy atom. The second-order valence-electron chi connectivity index (χ2n) is 22.7. The lowest BCUT2D eigenvalue weighted by molar-refractivity contribution is -0.384. The van der Waals surface area contributed by atoms with Crippen molar-refractivity contribution < 1.29 is 84.3 Å². The summed E-state index contributed by atoms with van der Waals surface area (Å²) in [6.07, 6.45) is -13.3. The number of fused-ring (bicyclic) bond motifs is 7. The molecule has 3 saturated heterocycles. The lowest BCUT2D eigenvalue weighted by Gasteiger charge is -2.72. The number of hydrogen-bond acceptors (Lipinski definition) is 16. The van der Waals surface area contributed by atoms with Crippen molar-refractivity contribution in [1.82, 2.24) is 0 Å². The molecule has 7 fully saturated rings. The van der Waals surface area contributed by atoms with E-state index in [0.717, 1.165) is 44.9 Å². The SMILES string of the molecule is CC1(C)CC(O)C2(C)CCC3(C)C(=CCC4C5(C)CCC(OC6OC(C(=O)O)C(O)C(O)C6OC6OCC(O)C(O)C6OC6OCC(O)C(O)C6O)C(C)(CO)C5CCC43C)C2C1. The monoisotopic (exact) mass is 898 g/mol. The van der Waals surface area contributed by atoms with Crippen LogP contribution in [0, 0.1) is 50.2 Å². The van der Waals surface area contributed by atoms with Gasteiger partial charge in [0.15, 0.2) is 25.0 Å². The summed E-state index contributed by atoms with van der Waals surface area (Å²) in [4.78, 5) is 12.4. The highest BCUT2D eigenvalue weighted by atomic mass is 16.8. The molecule has 63 heavy (non-hydrogen) atoms. The van der Waals surface area contributed by atoms with E-state index < -0.39 is 111 Å². The van der Waals surface area contributed by atoms with Gasteiger partial charge in [0, 0.05) is 10.8 Å². The smallest absolute Gasteiger partial charge is 0.335 e. The lowest BCUT2D eigenvalue weighted by atomic mass is 9.33. The van der Waals surface area contributed by atoms with Crippen molar-refractivity contribution in [2.45, 2.75) is 198 Å². The first-order valence-electron chi connectivity index (χ1n) is 23.2. The molecule has 4 saturated carbocycles. The summed E-state index contributed by atoms with van der Waals surface area (Å²) in [7, 11) is 0. The second-order valence-corrected chi connectivity index (χ2v) is 22.7. The van der Waals surface area contributed by atoms with Crippen LogP contribution in [-0.4, -0.2) is 169 Å². The molecule has 3 heterocycles. The number of carboxylic acids is 1. The zero-order valence-electron chi connectivity index (χ0n) is 37.8. The first kappa shape index (κ1) is 48.1. The van der Waals surface area contributed by atoms with Crippen LogP contribution in [0.1, 0.15) is 106 Å². The Morgan fingerprint density at radius 1 is 0.683 bits per heavy atom. The average Bonchev–Trinajstić information content (AvgIpc) is 3.21. The number of allylic oxidation sites excluding steroid dienone is 2. The number of aliphatic hydroxyl groups is 9. The maximum absolute atomic E-state index is 12.4. The number of rotatable bonds is 8. The van der Waals surface area contributed by atoms with Gasteiger partial charge in [-0.25, -0.2) is 4.79 Å². The van der Waals surface area contributed by atoms with Gasteiger partial charge in [0.1, 0.15) is 54.9 Å². The summed E-state index contributed by atoms with van der Waals surface area (Å²) in [6.45, 7) is 14.9. The Bertz CT molecular complexity index is 1730. The summed E-state index contributed by atoms with van der Waals surface area (Å²) >= 11 is 0. The summed E-state index contributed by atoms with van der Waals surface area (Å²) < 4.78 is 35.7. The molecule has 17 heteroatoms. The third-order valence-corrected chi connectivity index (χ3v) is 18.8. The van der Waals surface area contributed by atoms with E-state index in [2.05, 4.69) is 47.6 Å². The van der Waals surface area contributed by atoms with Crippen LogP contribution in [0.25, 0.3) is 0 Å². The van der Waals surface area contributed by atoms with E-state index in [1.165, 1.54) is 5.57 Å². The van der Waals surface area contributed by atoms with Gasteiger partial charge in [-0.3, -0.25) is 0 Å². The predicted octanol–water partition coefficient (Wildman–Crippen LogP) is 0.955. The van der Waals surface area contributed by atoms with Gasteiger partial charge in [0.2, 0.25) is 0 Å². The number of aliphatic carboxylic acids is 1. The minimum absolute atomic E-state index is 0.0298. The molecule has 10 N–H and O–H groups in total. The van der Waals surface area contributed by atoms with Crippen molar-refractivity contribution in [2.75, 3.05) is 19.8 Å². The molecule has 17 nitrogen and oxygen atoms in total. The summed E-state index contributed by atoms with van der Waals surface area (Å²) in [5.74, 6) is -1.05. The topological polar surface area (TPSA) is 275 Å². The van der Waals surface area contributed by atoms with Crippen molar-refractivity contribution in [3.05, 3.63) is 11.6 Å². The van der Waals surface area contributed by atoms with Crippen LogP contribution < -0.4 is 0 Å². The second kappa shape index (κ2) is 16.7. The van der Waals surface area contributed by atoms with E-state index >= 15 is 0 Å². The summed E-state index contributed by atoms with van der Waals surface area (Å²) in [5.41, 5.74) is 0.105. The molecule has 0 aromatic heterocycles. The van der Waals surface area contributed by atoms with Crippen LogP contribution >= 0.6 is 0 Å². The fraction of sp³-hybridized carbons (Fsp3) is 0.935. The first-order chi connectivity index (χ1) is 29.4. The minimum atomic E-state index is -2.01. The molecular formula is C46H74O17. The Labute approximate surface area is 369 Å². The van der Waals surface area contributed by atoms with Crippen molar-refractivity contribution >= 4 is 5.97 Å². The lowest BCUT2D eigenvalue weighted by Crippen LogP contribution is -2.68. The summed E-state index contributed by atoms with van der Waals surface area (Å²) in [5, 5.41) is 108. The van der Waals surface area contributed by atoms with Gasteiger partial charge in [-0.1, -0.05) is 60.1 Å². The Kier molecular flexibility index (Phi) is 12.7. The van der Waals surface area contributed by atoms with Gasteiger partial charge in [-0.05, 0) is 97.2 Å². The van der Waals surface area contributed by atoms with E-state index in [1.807, 2.05) is 6.92 Å². The third kappa shape index (κ3) is 7.50. The van der Waals surface area contributed by atoms with Crippen LogP contribution in [-0.2, 0) is 33.2 Å².